The first-order chi connectivity index (χ1) is 18.5. The normalized spacial score (nSPS) is 22.2. The molecule has 4 N–H and O–H groups in total. The fourth-order valence-electron chi connectivity index (χ4n) is 3.91. The van der Waals surface area contributed by atoms with Crippen molar-refractivity contribution in [3.63, 3.8) is 0 Å². The highest BCUT2D eigenvalue weighted by molar-refractivity contribution is 8.06. The third kappa shape index (κ3) is 6.50. The molecular formula is C23H29N5O8S3. The molecule has 0 bridgehead atoms. The van der Waals surface area contributed by atoms with Gasteiger partial charge in [0.2, 0.25) is 6.79 Å². The molecule has 2 fully saturated rings. The first-order valence-electron chi connectivity index (χ1n) is 12.0. The van der Waals surface area contributed by atoms with Crippen molar-refractivity contribution in [2.75, 3.05) is 31.5 Å². The highest BCUT2D eigenvalue weighted by Gasteiger charge is 2.55. The van der Waals surface area contributed by atoms with E-state index in [-0.39, 0.29) is 27.5 Å². The number of esters is 2. The maximum absolute atomic E-state index is 13.3. The summed E-state index contributed by atoms with van der Waals surface area (Å²) in [7, 11) is 0. The van der Waals surface area contributed by atoms with E-state index in [1.54, 1.807) is 20.8 Å². The van der Waals surface area contributed by atoms with Crippen LogP contribution in [0.4, 0.5) is 5.13 Å². The number of amides is 2. The molecule has 0 saturated carbocycles. The third-order valence-corrected chi connectivity index (χ3v) is 9.53. The van der Waals surface area contributed by atoms with Crippen LogP contribution in [0.1, 0.15) is 39.3 Å². The number of nitrogens with one attached hydrogen (secondary N) is 1. The SMILES string of the molecule is CC(C)(C)C(=O)OCOC(=O)C1=C(SC2CCOCC2)CS[C@H]2C(NC(=O)/C(=N\O)c3csc(N)n3)C(=O)N12. The Hall–Kier alpha value is -2.82. The second-order valence-electron chi connectivity index (χ2n) is 9.81. The van der Waals surface area contributed by atoms with Gasteiger partial charge in [0.15, 0.2) is 10.8 Å². The molecule has 1 aromatic heterocycles. The number of thiazole rings is 1. The molecule has 3 aliphatic rings. The number of ether oxygens (including phenoxy) is 3. The van der Waals surface area contributed by atoms with Crippen molar-refractivity contribution in [3.05, 3.63) is 21.7 Å². The lowest BCUT2D eigenvalue weighted by Gasteiger charge is -2.49. The van der Waals surface area contributed by atoms with Gasteiger partial charge in [0.25, 0.3) is 11.8 Å². The molecule has 2 saturated heterocycles. The minimum atomic E-state index is -0.980. The largest absolute Gasteiger partial charge is 0.427 e. The Morgan fingerprint density at radius 1 is 1.31 bits per heavy atom. The minimum Gasteiger partial charge on any atom is -0.427 e. The van der Waals surface area contributed by atoms with Crippen molar-refractivity contribution in [2.24, 2.45) is 10.6 Å². The highest BCUT2D eigenvalue weighted by Crippen LogP contribution is 2.45. The number of oxime groups is 1. The number of carbonyl (C=O) groups is 4. The first-order valence-corrected chi connectivity index (χ1v) is 14.8. The van der Waals surface area contributed by atoms with Crippen LogP contribution in [-0.4, -0.2) is 87.0 Å². The van der Waals surface area contributed by atoms with Gasteiger partial charge in [-0.15, -0.1) is 34.9 Å². The molecule has 1 unspecified atom stereocenters. The second-order valence-corrected chi connectivity index (χ2v) is 13.2. The van der Waals surface area contributed by atoms with Gasteiger partial charge in [-0.1, -0.05) is 5.16 Å². The summed E-state index contributed by atoms with van der Waals surface area (Å²) in [6.07, 6.45) is 1.59. The van der Waals surface area contributed by atoms with Crippen LogP contribution < -0.4 is 11.1 Å². The molecule has 0 aliphatic carbocycles. The van der Waals surface area contributed by atoms with E-state index in [0.29, 0.717) is 23.9 Å². The molecule has 4 heterocycles. The molecule has 1 aromatic rings. The number of nitrogens with two attached hydrogens (primary N) is 1. The van der Waals surface area contributed by atoms with Gasteiger partial charge in [-0.25, -0.2) is 9.78 Å². The van der Waals surface area contributed by atoms with Gasteiger partial charge >= 0.3 is 11.9 Å². The van der Waals surface area contributed by atoms with E-state index < -0.39 is 47.4 Å². The van der Waals surface area contributed by atoms with Crippen LogP contribution >= 0.6 is 34.9 Å². The number of aromatic nitrogens is 1. The van der Waals surface area contributed by atoms with Crippen molar-refractivity contribution in [1.82, 2.24) is 15.2 Å². The van der Waals surface area contributed by atoms with Crippen LogP contribution in [0, 0.1) is 5.41 Å². The molecule has 13 nitrogen and oxygen atoms in total. The van der Waals surface area contributed by atoms with Crippen molar-refractivity contribution >= 4 is 69.5 Å². The predicted molar refractivity (Wildman–Crippen MR) is 145 cm³/mol. The van der Waals surface area contributed by atoms with Gasteiger partial charge in [0.1, 0.15) is 22.8 Å². The quantitative estimate of drug-likeness (QED) is 0.0979. The monoisotopic (exact) mass is 599 g/mol. The number of thioether (sulfide) groups is 2. The summed E-state index contributed by atoms with van der Waals surface area (Å²) in [6.45, 7) is 5.65. The van der Waals surface area contributed by atoms with Crippen LogP contribution in [-0.2, 0) is 33.4 Å². The Morgan fingerprint density at radius 2 is 2.03 bits per heavy atom. The van der Waals surface area contributed by atoms with E-state index in [9.17, 15) is 24.4 Å². The van der Waals surface area contributed by atoms with Crippen LogP contribution in [0.2, 0.25) is 0 Å². The molecule has 212 valence electrons. The molecule has 0 aromatic carbocycles. The first kappa shape index (κ1) is 29.2. The zero-order valence-electron chi connectivity index (χ0n) is 21.5. The maximum Gasteiger partial charge on any atom is 0.358 e. The fraction of sp³-hybridized carbons (Fsp3) is 0.565. The number of rotatable bonds is 8. The number of nitrogen functional groups attached to an aromatic ring is 1. The van der Waals surface area contributed by atoms with Crippen molar-refractivity contribution in [2.45, 2.75) is 50.3 Å². The van der Waals surface area contributed by atoms with Gasteiger partial charge in [-0.05, 0) is 33.6 Å². The van der Waals surface area contributed by atoms with E-state index in [0.717, 1.165) is 24.2 Å². The number of anilines is 1. The third-order valence-electron chi connectivity index (χ3n) is 5.96. The minimum absolute atomic E-state index is 0.0703. The summed E-state index contributed by atoms with van der Waals surface area (Å²) >= 11 is 3.96. The smallest absolute Gasteiger partial charge is 0.358 e. The van der Waals surface area contributed by atoms with Crippen molar-refractivity contribution < 1.29 is 38.6 Å². The molecular weight excluding hydrogens is 570 g/mol. The van der Waals surface area contributed by atoms with E-state index in [2.05, 4.69) is 15.5 Å². The molecule has 0 radical (unpaired) electrons. The Labute approximate surface area is 236 Å². The lowest BCUT2D eigenvalue weighted by molar-refractivity contribution is -0.173. The average Bonchev–Trinajstić information content (AvgIpc) is 3.32. The standard InChI is InChI=1S/C23H29N5O8S3/c1-23(2,3)21(32)36-10-35-20(31)16-13(39-11-4-6-34-7-5-11)9-37-19-15(18(30)28(16)19)26-17(29)14(27-33)12-8-38-22(24)25-12/h8,11,15,19,33H,4-7,9-10H2,1-3H3,(H2,24,25)(H,26,29)/b27-14-/t15?,19-/m0/s1. The van der Waals surface area contributed by atoms with Gasteiger partial charge in [-0.3, -0.25) is 19.3 Å². The summed E-state index contributed by atoms with van der Waals surface area (Å²) in [5.41, 5.74) is 4.58. The van der Waals surface area contributed by atoms with E-state index in [4.69, 9.17) is 19.9 Å². The van der Waals surface area contributed by atoms with E-state index in [1.807, 2.05) is 0 Å². The van der Waals surface area contributed by atoms with E-state index in [1.165, 1.54) is 33.8 Å². The number of nitrogens with zero attached hydrogens (tertiary/aromatic N) is 3. The molecule has 0 spiro atoms. The van der Waals surface area contributed by atoms with Crippen molar-refractivity contribution in [1.29, 1.82) is 0 Å². The molecule has 16 heteroatoms. The zero-order valence-corrected chi connectivity index (χ0v) is 24.0. The number of β-lactam (4-membered cyclic amide) rings is 1. The molecule has 39 heavy (non-hydrogen) atoms. The number of hydrogen-bond acceptors (Lipinski definition) is 14. The molecule has 2 amide bonds. The maximum atomic E-state index is 13.3. The number of fused-ring (bicyclic) bond motifs is 1. The average molecular weight is 600 g/mol. The Bertz CT molecular complexity index is 1200. The number of hydrogen-bond donors (Lipinski definition) is 3. The predicted octanol–water partition coefficient (Wildman–Crippen LogP) is 1.52. The highest BCUT2D eigenvalue weighted by atomic mass is 32.2. The molecule has 4 rings (SSSR count). The van der Waals surface area contributed by atoms with Gasteiger partial charge < -0.3 is 30.5 Å². The summed E-state index contributed by atoms with van der Waals surface area (Å²) in [6, 6.07) is -0.980. The summed E-state index contributed by atoms with van der Waals surface area (Å²) in [5, 5.41) is 16.2. The van der Waals surface area contributed by atoms with Crippen LogP contribution in [0.25, 0.3) is 0 Å². The fourth-order valence-corrected chi connectivity index (χ4v) is 7.25. The zero-order chi connectivity index (χ0) is 28.3. The summed E-state index contributed by atoms with van der Waals surface area (Å²) in [4.78, 5) is 57.3. The van der Waals surface area contributed by atoms with E-state index >= 15 is 0 Å². The molecule has 3 aliphatic heterocycles. The number of carbonyl (C=O) groups excluding carboxylic acids is 4. The van der Waals surface area contributed by atoms with Crippen LogP contribution in [0.15, 0.2) is 21.1 Å². The Kier molecular flexibility index (Phi) is 9.08. The Morgan fingerprint density at radius 3 is 2.64 bits per heavy atom. The second kappa shape index (κ2) is 12.1. The molecule has 2 atom stereocenters. The lowest BCUT2D eigenvalue weighted by Crippen LogP contribution is -2.71. The topological polar surface area (TPSA) is 183 Å². The summed E-state index contributed by atoms with van der Waals surface area (Å²) in [5.74, 6) is -2.28. The van der Waals surface area contributed by atoms with Gasteiger partial charge in [0.05, 0.1) is 5.41 Å². The lowest BCUT2D eigenvalue weighted by atomic mass is 9.98. The van der Waals surface area contributed by atoms with Crippen molar-refractivity contribution in [3.8, 4) is 0 Å². The summed E-state index contributed by atoms with van der Waals surface area (Å²) < 4.78 is 15.8. The van der Waals surface area contributed by atoms with Gasteiger partial charge in [0, 0.05) is 34.5 Å². The Balaban J connectivity index is 1.49. The van der Waals surface area contributed by atoms with Gasteiger partial charge in [-0.2, -0.15) is 0 Å². The van der Waals surface area contributed by atoms with Crippen LogP contribution in [0.3, 0.4) is 0 Å². The van der Waals surface area contributed by atoms with Crippen LogP contribution in [0.5, 0.6) is 0 Å².